The predicted molar refractivity (Wildman–Crippen MR) is 71.7 cm³/mol. The lowest BCUT2D eigenvalue weighted by Crippen LogP contribution is -2.36. The summed E-state index contributed by atoms with van der Waals surface area (Å²) in [7, 11) is 0. The summed E-state index contributed by atoms with van der Waals surface area (Å²) < 4.78 is 51.6. The van der Waals surface area contributed by atoms with Gasteiger partial charge in [-0.2, -0.15) is 13.2 Å². The minimum absolute atomic E-state index is 0.134. The number of alkyl halides is 3. The Balaban J connectivity index is 2.19. The number of nitrogens with one attached hydrogen (secondary N) is 1. The molecule has 1 aromatic rings. The second kappa shape index (κ2) is 6.24. The Bertz CT molecular complexity index is 559. The van der Waals surface area contributed by atoms with Crippen molar-refractivity contribution in [2.24, 2.45) is 11.8 Å². The maximum atomic E-state index is 14.0. The third-order valence-electron chi connectivity index (χ3n) is 4.24. The molecule has 0 spiro atoms. The lowest BCUT2D eigenvalue weighted by atomic mass is 9.81. The van der Waals surface area contributed by atoms with Gasteiger partial charge >= 0.3 is 12.1 Å². The van der Waals surface area contributed by atoms with E-state index in [0.29, 0.717) is 25.5 Å². The fraction of sp³-hybridized carbons (Fsp3) is 0.533. The van der Waals surface area contributed by atoms with E-state index in [0.717, 1.165) is 12.1 Å². The molecule has 0 bridgehead atoms. The summed E-state index contributed by atoms with van der Waals surface area (Å²) in [5, 5.41) is 12.1. The molecule has 0 saturated carbocycles. The first-order valence-corrected chi connectivity index (χ1v) is 7.03. The zero-order chi connectivity index (χ0) is 16.5. The molecule has 1 heterocycles. The number of benzene rings is 1. The standard InChI is InChI=1S/C15H17F4NO2/c1-8(14(21)22)9-4-5-20-13(6-9)11-3-2-10(7-12(11)16)15(17,18)19/h2-3,7-9,13,20H,4-6H2,1H3,(H,21,22)/t8?,9-,13+/m1/s1. The van der Waals surface area contributed by atoms with Crippen molar-refractivity contribution in [3.05, 3.63) is 35.1 Å². The first-order chi connectivity index (χ1) is 10.2. The molecule has 3 nitrogen and oxygen atoms in total. The third-order valence-corrected chi connectivity index (χ3v) is 4.24. The largest absolute Gasteiger partial charge is 0.481 e. The van der Waals surface area contributed by atoms with Crippen molar-refractivity contribution in [3.8, 4) is 0 Å². The van der Waals surface area contributed by atoms with Crippen molar-refractivity contribution < 1.29 is 27.5 Å². The van der Waals surface area contributed by atoms with E-state index in [2.05, 4.69) is 5.32 Å². The molecule has 1 fully saturated rings. The van der Waals surface area contributed by atoms with E-state index < -0.39 is 35.5 Å². The van der Waals surface area contributed by atoms with Crippen LogP contribution < -0.4 is 5.32 Å². The van der Waals surface area contributed by atoms with Gasteiger partial charge in [0.1, 0.15) is 5.82 Å². The Hall–Kier alpha value is -1.63. The predicted octanol–water partition coefficient (Wildman–Crippen LogP) is 3.61. The van der Waals surface area contributed by atoms with Gasteiger partial charge < -0.3 is 10.4 Å². The average Bonchev–Trinajstić information content (AvgIpc) is 2.45. The molecular formula is C15H17F4NO2. The van der Waals surface area contributed by atoms with E-state index in [1.165, 1.54) is 0 Å². The van der Waals surface area contributed by atoms with Crippen molar-refractivity contribution in [1.29, 1.82) is 0 Å². The van der Waals surface area contributed by atoms with E-state index in [9.17, 15) is 22.4 Å². The summed E-state index contributed by atoms with van der Waals surface area (Å²) in [6.07, 6.45) is -3.55. The highest BCUT2D eigenvalue weighted by Crippen LogP contribution is 2.35. The SMILES string of the molecule is CC(C(=O)O)[C@@H]1CCN[C@H](c2ccc(C(F)(F)F)cc2F)C1. The van der Waals surface area contributed by atoms with E-state index in [-0.39, 0.29) is 11.5 Å². The highest BCUT2D eigenvalue weighted by molar-refractivity contribution is 5.69. The summed E-state index contributed by atoms with van der Waals surface area (Å²) in [5.74, 6) is -2.54. The van der Waals surface area contributed by atoms with Gasteiger partial charge in [-0.15, -0.1) is 0 Å². The maximum Gasteiger partial charge on any atom is 0.416 e. The van der Waals surface area contributed by atoms with Crippen LogP contribution in [-0.4, -0.2) is 17.6 Å². The van der Waals surface area contributed by atoms with Gasteiger partial charge in [-0.1, -0.05) is 13.0 Å². The molecule has 2 rings (SSSR count). The number of hydrogen-bond acceptors (Lipinski definition) is 2. The quantitative estimate of drug-likeness (QED) is 0.837. The number of carboxylic acids is 1. The molecule has 0 aliphatic carbocycles. The van der Waals surface area contributed by atoms with E-state index in [1.54, 1.807) is 6.92 Å². The normalized spacial score (nSPS) is 24.0. The Kier molecular flexibility index (Phi) is 4.75. The minimum Gasteiger partial charge on any atom is -0.481 e. The molecule has 0 amide bonds. The Labute approximate surface area is 125 Å². The Morgan fingerprint density at radius 2 is 2.09 bits per heavy atom. The number of carboxylic acid groups (broad SMARTS) is 1. The average molecular weight is 319 g/mol. The molecule has 0 aromatic heterocycles. The molecular weight excluding hydrogens is 302 g/mol. The first kappa shape index (κ1) is 16.7. The van der Waals surface area contributed by atoms with Crippen LogP contribution in [0.1, 0.15) is 36.9 Å². The second-order valence-electron chi connectivity index (χ2n) is 5.65. The molecule has 7 heteroatoms. The highest BCUT2D eigenvalue weighted by Gasteiger charge is 2.34. The lowest BCUT2D eigenvalue weighted by molar-refractivity contribution is -0.143. The highest BCUT2D eigenvalue weighted by atomic mass is 19.4. The fourth-order valence-electron chi connectivity index (χ4n) is 2.83. The van der Waals surface area contributed by atoms with Crippen LogP contribution in [0.4, 0.5) is 17.6 Å². The second-order valence-corrected chi connectivity index (χ2v) is 5.65. The molecule has 1 aromatic carbocycles. The van der Waals surface area contributed by atoms with Crippen LogP contribution in [-0.2, 0) is 11.0 Å². The van der Waals surface area contributed by atoms with E-state index in [4.69, 9.17) is 5.11 Å². The number of aliphatic carboxylic acids is 1. The first-order valence-electron chi connectivity index (χ1n) is 7.03. The molecule has 1 unspecified atom stereocenters. The third kappa shape index (κ3) is 3.58. The lowest BCUT2D eigenvalue weighted by Gasteiger charge is -2.33. The van der Waals surface area contributed by atoms with Gasteiger partial charge in [0.25, 0.3) is 0 Å². The van der Waals surface area contributed by atoms with Gasteiger partial charge in [-0.3, -0.25) is 4.79 Å². The molecule has 22 heavy (non-hydrogen) atoms. The van der Waals surface area contributed by atoms with Gasteiger partial charge in [0.15, 0.2) is 0 Å². The van der Waals surface area contributed by atoms with Crippen LogP contribution in [0.25, 0.3) is 0 Å². The zero-order valence-electron chi connectivity index (χ0n) is 12.0. The number of halogens is 4. The summed E-state index contributed by atoms with van der Waals surface area (Å²) >= 11 is 0. The molecule has 1 aliphatic heterocycles. The van der Waals surface area contributed by atoms with E-state index in [1.807, 2.05) is 0 Å². The summed E-state index contributed by atoms with van der Waals surface area (Å²) in [6, 6.07) is 2.00. The molecule has 1 aliphatic rings. The smallest absolute Gasteiger partial charge is 0.416 e. The topological polar surface area (TPSA) is 49.3 Å². The van der Waals surface area contributed by atoms with Crippen LogP contribution in [0.3, 0.4) is 0 Å². The summed E-state index contributed by atoms with van der Waals surface area (Å²) in [4.78, 5) is 11.0. The molecule has 1 saturated heterocycles. The number of rotatable bonds is 3. The zero-order valence-corrected chi connectivity index (χ0v) is 12.0. The van der Waals surface area contributed by atoms with Crippen LogP contribution in [0.2, 0.25) is 0 Å². The maximum absolute atomic E-state index is 14.0. The van der Waals surface area contributed by atoms with Crippen LogP contribution >= 0.6 is 0 Å². The number of piperidine rings is 1. The van der Waals surface area contributed by atoms with Crippen molar-refractivity contribution in [2.75, 3.05) is 6.54 Å². The molecule has 2 N–H and O–H groups in total. The Morgan fingerprint density at radius 3 is 2.64 bits per heavy atom. The van der Waals surface area contributed by atoms with Gasteiger partial charge in [-0.05, 0) is 37.4 Å². The van der Waals surface area contributed by atoms with Crippen LogP contribution in [0, 0.1) is 17.7 Å². The van der Waals surface area contributed by atoms with Crippen LogP contribution in [0.15, 0.2) is 18.2 Å². The van der Waals surface area contributed by atoms with Gasteiger partial charge in [0, 0.05) is 11.6 Å². The van der Waals surface area contributed by atoms with E-state index >= 15 is 0 Å². The Morgan fingerprint density at radius 1 is 1.41 bits per heavy atom. The number of hydrogen-bond donors (Lipinski definition) is 2. The number of carbonyl (C=O) groups is 1. The van der Waals surface area contributed by atoms with Crippen molar-refractivity contribution in [1.82, 2.24) is 5.32 Å². The molecule has 0 radical (unpaired) electrons. The van der Waals surface area contributed by atoms with Gasteiger partial charge in [-0.25, -0.2) is 4.39 Å². The van der Waals surface area contributed by atoms with Crippen molar-refractivity contribution in [2.45, 2.75) is 32.0 Å². The minimum atomic E-state index is -4.58. The monoisotopic (exact) mass is 319 g/mol. The van der Waals surface area contributed by atoms with Gasteiger partial charge in [0.05, 0.1) is 11.5 Å². The summed E-state index contributed by atoms with van der Waals surface area (Å²) in [6.45, 7) is 2.10. The van der Waals surface area contributed by atoms with Crippen molar-refractivity contribution in [3.63, 3.8) is 0 Å². The molecule has 3 atom stereocenters. The molecule has 122 valence electrons. The van der Waals surface area contributed by atoms with Crippen LogP contribution in [0.5, 0.6) is 0 Å². The van der Waals surface area contributed by atoms with Gasteiger partial charge in [0.2, 0.25) is 0 Å². The fourth-order valence-corrected chi connectivity index (χ4v) is 2.83. The summed E-state index contributed by atoms with van der Waals surface area (Å²) in [5.41, 5.74) is -0.879. The van der Waals surface area contributed by atoms with Crippen molar-refractivity contribution >= 4 is 5.97 Å².